The van der Waals surface area contributed by atoms with Gasteiger partial charge in [0.2, 0.25) is 0 Å². The standard InChI is InChI=1S/C17H20N8O2/c1-20-17(26)16-13(27-12-4-2-3-10(19)5-12)6-14(24-25-16)23-15-9-21-11(7-18)8-22-15/h6,8-10,12H,2-5,19H2,1H3,(H,20,26)(H,22,23,24). The van der Waals surface area contributed by atoms with E-state index in [1.54, 1.807) is 6.07 Å². The molecule has 0 radical (unpaired) electrons. The van der Waals surface area contributed by atoms with Crippen LogP contribution in [0.2, 0.25) is 0 Å². The molecule has 10 heteroatoms. The van der Waals surface area contributed by atoms with Gasteiger partial charge in [-0.2, -0.15) is 5.26 Å². The largest absolute Gasteiger partial charge is 0.488 e. The van der Waals surface area contributed by atoms with Crippen LogP contribution in [0.25, 0.3) is 0 Å². The summed E-state index contributed by atoms with van der Waals surface area (Å²) in [6.45, 7) is 0. The highest BCUT2D eigenvalue weighted by atomic mass is 16.5. The van der Waals surface area contributed by atoms with Crippen molar-refractivity contribution in [3.8, 4) is 11.8 Å². The number of carbonyl (C=O) groups is 1. The summed E-state index contributed by atoms with van der Waals surface area (Å²) in [5.74, 6) is 0.674. The van der Waals surface area contributed by atoms with Crippen molar-refractivity contribution in [1.82, 2.24) is 25.5 Å². The first-order chi connectivity index (χ1) is 13.1. The first-order valence-electron chi connectivity index (χ1n) is 8.60. The Balaban J connectivity index is 1.83. The highest BCUT2D eigenvalue weighted by Gasteiger charge is 2.24. The first-order valence-corrected chi connectivity index (χ1v) is 8.60. The molecular formula is C17H20N8O2. The fraction of sp³-hybridized carbons (Fsp3) is 0.412. The third kappa shape index (κ3) is 4.65. The lowest BCUT2D eigenvalue weighted by Gasteiger charge is -2.27. The van der Waals surface area contributed by atoms with Crippen molar-refractivity contribution < 1.29 is 9.53 Å². The minimum Gasteiger partial charge on any atom is -0.488 e. The number of amides is 1. The summed E-state index contributed by atoms with van der Waals surface area (Å²) in [4.78, 5) is 20.1. The maximum atomic E-state index is 12.1. The molecule has 1 fully saturated rings. The molecule has 0 aromatic carbocycles. The summed E-state index contributed by atoms with van der Waals surface area (Å²) in [5.41, 5.74) is 6.33. The first kappa shape index (κ1) is 18.5. The van der Waals surface area contributed by atoms with Crippen LogP contribution in [0.15, 0.2) is 18.5 Å². The Morgan fingerprint density at radius 3 is 2.81 bits per heavy atom. The smallest absolute Gasteiger partial charge is 0.275 e. The van der Waals surface area contributed by atoms with Crippen LogP contribution in [0.1, 0.15) is 41.9 Å². The van der Waals surface area contributed by atoms with Gasteiger partial charge < -0.3 is 21.1 Å². The SMILES string of the molecule is CNC(=O)c1nnc(Nc2cnc(C#N)cn2)cc1OC1CCCC(N)C1. The van der Waals surface area contributed by atoms with Crippen molar-refractivity contribution in [3.63, 3.8) is 0 Å². The molecule has 1 aliphatic carbocycles. The highest BCUT2D eigenvalue weighted by Crippen LogP contribution is 2.27. The van der Waals surface area contributed by atoms with Crippen LogP contribution in [-0.4, -0.2) is 45.3 Å². The number of ether oxygens (including phenoxy) is 1. The lowest BCUT2D eigenvalue weighted by molar-refractivity contribution is 0.0941. The third-order valence-electron chi connectivity index (χ3n) is 4.18. The van der Waals surface area contributed by atoms with Gasteiger partial charge in [-0.05, 0) is 25.7 Å². The molecule has 1 amide bonds. The van der Waals surface area contributed by atoms with Gasteiger partial charge in [-0.15, -0.1) is 10.2 Å². The van der Waals surface area contributed by atoms with Gasteiger partial charge in [0.25, 0.3) is 5.91 Å². The molecule has 0 bridgehead atoms. The molecule has 0 saturated heterocycles. The molecule has 0 spiro atoms. The minimum absolute atomic E-state index is 0.0797. The average molecular weight is 368 g/mol. The molecule has 2 aromatic heterocycles. The van der Waals surface area contributed by atoms with E-state index in [1.165, 1.54) is 19.4 Å². The molecule has 0 aliphatic heterocycles. The maximum Gasteiger partial charge on any atom is 0.275 e. The van der Waals surface area contributed by atoms with Crippen molar-refractivity contribution in [2.24, 2.45) is 5.73 Å². The van der Waals surface area contributed by atoms with E-state index in [2.05, 4.69) is 30.8 Å². The Labute approximate surface area is 156 Å². The van der Waals surface area contributed by atoms with Gasteiger partial charge in [-0.1, -0.05) is 0 Å². The van der Waals surface area contributed by atoms with E-state index in [1.807, 2.05) is 6.07 Å². The number of carbonyl (C=O) groups excluding carboxylic acids is 1. The van der Waals surface area contributed by atoms with Gasteiger partial charge >= 0.3 is 0 Å². The van der Waals surface area contributed by atoms with E-state index >= 15 is 0 Å². The fourth-order valence-electron chi connectivity index (χ4n) is 2.85. The van der Waals surface area contributed by atoms with E-state index in [0.29, 0.717) is 17.4 Å². The van der Waals surface area contributed by atoms with Gasteiger partial charge in [0.15, 0.2) is 23.0 Å². The number of nitrogens with two attached hydrogens (primary N) is 1. The Morgan fingerprint density at radius 2 is 2.15 bits per heavy atom. The van der Waals surface area contributed by atoms with Crippen LogP contribution in [0.3, 0.4) is 0 Å². The van der Waals surface area contributed by atoms with Crippen molar-refractivity contribution in [1.29, 1.82) is 5.26 Å². The minimum atomic E-state index is -0.387. The normalized spacial score (nSPS) is 19.0. The second-order valence-electron chi connectivity index (χ2n) is 6.21. The molecule has 140 valence electrons. The Morgan fingerprint density at radius 1 is 1.30 bits per heavy atom. The van der Waals surface area contributed by atoms with E-state index in [-0.39, 0.29) is 29.4 Å². The predicted octanol–water partition coefficient (Wildman–Crippen LogP) is 0.890. The molecular weight excluding hydrogens is 348 g/mol. The zero-order valence-electron chi connectivity index (χ0n) is 14.8. The van der Waals surface area contributed by atoms with Crippen LogP contribution < -0.4 is 21.1 Å². The summed E-state index contributed by atoms with van der Waals surface area (Å²) >= 11 is 0. The molecule has 1 saturated carbocycles. The molecule has 2 atom stereocenters. The Bertz CT molecular complexity index is 849. The number of nitrogens with one attached hydrogen (secondary N) is 2. The highest BCUT2D eigenvalue weighted by molar-refractivity contribution is 5.94. The summed E-state index contributed by atoms with van der Waals surface area (Å²) in [6.07, 6.45) is 6.21. The van der Waals surface area contributed by atoms with Gasteiger partial charge in [-0.3, -0.25) is 4.79 Å². The Hall–Kier alpha value is -3.32. The molecule has 27 heavy (non-hydrogen) atoms. The number of nitriles is 1. The summed E-state index contributed by atoms with van der Waals surface area (Å²) in [5, 5.41) is 22.2. The van der Waals surface area contributed by atoms with E-state index in [4.69, 9.17) is 15.7 Å². The van der Waals surface area contributed by atoms with Crippen LogP contribution in [0.5, 0.6) is 5.75 Å². The second kappa shape index (κ2) is 8.37. The molecule has 1 aliphatic rings. The average Bonchev–Trinajstić information content (AvgIpc) is 2.68. The van der Waals surface area contributed by atoms with Crippen LogP contribution in [-0.2, 0) is 0 Å². The van der Waals surface area contributed by atoms with Crippen molar-refractivity contribution in [2.75, 3.05) is 12.4 Å². The fourth-order valence-corrected chi connectivity index (χ4v) is 2.85. The van der Waals surface area contributed by atoms with Gasteiger partial charge in [-0.25, -0.2) is 9.97 Å². The molecule has 2 unspecified atom stereocenters. The van der Waals surface area contributed by atoms with E-state index in [0.717, 1.165) is 25.7 Å². The van der Waals surface area contributed by atoms with Gasteiger partial charge in [0.05, 0.1) is 12.4 Å². The number of rotatable bonds is 5. The zero-order chi connectivity index (χ0) is 19.2. The summed E-state index contributed by atoms with van der Waals surface area (Å²) in [6, 6.07) is 3.58. The predicted molar refractivity (Wildman–Crippen MR) is 96.3 cm³/mol. The lowest BCUT2D eigenvalue weighted by atomic mass is 9.93. The zero-order valence-corrected chi connectivity index (χ0v) is 14.8. The van der Waals surface area contributed by atoms with E-state index in [9.17, 15) is 4.79 Å². The quantitative estimate of drug-likeness (QED) is 0.698. The Kier molecular flexibility index (Phi) is 5.73. The summed E-state index contributed by atoms with van der Waals surface area (Å²) in [7, 11) is 1.52. The van der Waals surface area contributed by atoms with Crippen LogP contribution in [0.4, 0.5) is 11.6 Å². The molecule has 3 rings (SSSR count). The molecule has 10 nitrogen and oxygen atoms in total. The van der Waals surface area contributed by atoms with Crippen molar-refractivity contribution in [2.45, 2.75) is 37.8 Å². The second-order valence-corrected chi connectivity index (χ2v) is 6.21. The van der Waals surface area contributed by atoms with Gasteiger partial charge in [0, 0.05) is 19.2 Å². The number of nitrogens with zero attached hydrogens (tertiary/aromatic N) is 5. The number of anilines is 2. The maximum absolute atomic E-state index is 12.1. The van der Waals surface area contributed by atoms with Crippen LogP contribution >= 0.6 is 0 Å². The van der Waals surface area contributed by atoms with Crippen LogP contribution in [0, 0.1) is 11.3 Å². The van der Waals surface area contributed by atoms with Crippen molar-refractivity contribution in [3.05, 3.63) is 29.8 Å². The third-order valence-corrected chi connectivity index (χ3v) is 4.18. The monoisotopic (exact) mass is 368 g/mol. The number of hydrogen-bond donors (Lipinski definition) is 3. The number of hydrogen-bond acceptors (Lipinski definition) is 9. The lowest BCUT2D eigenvalue weighted by Crippen LogP contribution is -2.34. The molecule has 2 heterocycles. The number of aromatic nitrogens is 4. The topological polar surface area (TPSA) is 152 Å². The van der Waals surface area contributed by atoms with E-state index < -0.39 is 0 Å². The van der Waals surface area contributed by atoms with Crippen molar-refractivity contribution >= 4 is 17.5 Å². The molecule has 2 aromatic rings. The molecule has 4 N–H and O–H groups in total. The van der Waals surface area contributed by atoms with Gasteiger partial charge in [0.1, 0.15) is 18.0 Å². The summed E-state index contributed by atoms with van der Waals surface area (Å²) < 4.78 is 6.03.